The molecule has 1 aromatic rings. The van der Waals surface area contributed by atoms with Gasteiger partial charge in [0.25, 0.3) is 0 Å². The molecule has 0 bridgehead atoms. The largest absolute Gasteiger partial charge is 0.395 e. The first-order valence-corrected chi connectivity index (χ1v) is 6.97. The van der Waals surface area contributed by atoms with Crippen molar-refractivity contribution in [2.24, 2.45) is 0 Å². The van der Waals surface area contributed by atoms with Gasteiger partial charge in [-0.3, -0.25) is 9.69 Å². The summed E-state index contributed by atoms with van der Waals surface area (Å²) in [4.78, 5) is 14.5. The number of carbonyl (C=O) groups excluding carboxylic acids is 1. The van der Waals surface area contributed by atoms with Crippen molar-refractivity contribution in [1.29, 1.82) is 0 Å². The molecule has 1 unspecified atom stereocenters. The first kappa shape index (κ1) is 15.9. The molecule has 0 radical (unpaired) electrons. The van der Waals surface area contributed by atoms with Crippen molar-refractivity contribution in [3.05, 3.63) is 34.9 Å². The first-order valence-electron chi connectivity index (χ1n) is 6.97. The van der Waals surface area contributed by atoms with Crippen LogP contribution in [-0.2, 0) is 0 Å². The van der Waals surface area contributed by atoms with Gasteiger partial charge in [0, 0.05) is 12.1 Å². The van der Waals surface area contributed by atoms with Crippen LogP contribution in [0.25, 0.3) is 0 Å². The van der Waals surface area contributed by atoms with Gasteiger partial charge in [-0.2, -0.15) is 0 Å². The normalized spacial score (nSPS) is 12.7. The van der Waals surface area contributed by atoms with Crippen LogP contribution >= 0.6 is 0 Å². The highest BCUT2D eigenvalue weighted by Gasteiger charge is 2.21. The number of aryl methyl sites for hydroxylation is 2. The molecule has 19 heavy (non-hydrogen) atoms. The van der Waals surface area contributed by atoms with Crippen molar-refractivity contribution in [2.45, 2.75) is 40.2 Å². The maximum Gasteiger partial charge on any atom is 0.179 e. The number of nitrogens with zero attached hydrogens (tertiary/aromatic N) is 1. The Hall–Kier alpha value is -1.19. The summed E-state index contributed by atoms with van der Waals surface area (Å²) in [6.45, 7) is 9.53. The zero-order chi connectivity index (χ0) is 14.4. The second-order valence-electron chi connectivity index (χ2n) is 5.10. The highest BCUT2D eigenvalue weighted by atomic mass is 16.3. The third-order valence-corrected chi connectivity index (χ3v) is 3.62. The number of rotatable bonds is 7. The van der Waals surface area contributed by atoms with Gasteiger partial charge >= 0.3 is 0 Å². The Kier molecular flexibility index (Phi) is 6.19. The van der Waals surface area contributed by atoms with E-state index in [4.69, 9.17) is 5.11 Å². The minimum atomic E-state index is -0.186. The zero-order valence-corrected chi connectivity index (χ0v) is 12.4. The highest BCUT2D eigenvalue weighted by molar-refractivity contribution is 6.00. The average Bonchev–Trinajstić information content (AvgIpc) is 2.40. The number of Topliss-reactive ketones (excluding diaryl/α,β-unsaturated/α-hetero) is 1. The lowest BCUT2D eigenvalue weighted by Crippen LogP contribution is -2.41. The predicted molar refractivity (Wildman–Crippen MR) is 78.7 cm³/mol. The fraction of sp³-hybridized carbons (Fsp3) is 0.562. The van der Waals surface area contributed by atoms with Gasteiger partial charge < -0.3 is 5.11 Å². The van der Waals surface area contributed by atoms with E-state index in [0.29, 0.717) is 6.54 Å². The lowest BCUT2D eigenvalue weighted by molar-refractivity contribution is 0.0808. The van der Waals surface area contributed by atoms with Crippen molar-refractivity contribution in [2.75, 3.05) is 19.7 Å². The number of carbonyl (C=O) groups is 1. The summed E-state index contributed by atoms with van der Waals surface area (Å²) in [5.74, 6) is 0.130. The molecule has 0 spiro atoms. The number of aliphatic hydroxyl groups is 1. The molecule has 0 aromatic heterocycles. The van der Waals surface area contributed by atoms with Crippen LogP contribution in [0.3, 0.4) is 0 Å². The molecule has 1 rings (SSSR count). The minimum Gasteiger partial charge on any atom is -0.395 e. The Labute approximate surface area is 116 Å². The smallest absolute Gasteiger partial charge is 0.179 e. The third-order valence-electron chi connectivity index (χ3n) is 3.62. The SMILES string of the molecule is CCCN(CCO)C(C)C(=O)c1ccc(C)c(C)c1. The fourth-order valence-corrected chi connectivity index (χ4v) is 2.22. The van der Waals surface area contributed by atoms with Crippen molar-refractivity contribution < 1.29 is 9.90 Å². The monoisotopic (exact) mass is 263 g/mol. The molecule has 0 aliphatic carbocycles. The van der Waals surface area contributed by atoms with Gasteiger partial charge in [0.2, 0.25) is 0 Å². The predicted octanol–water partition coefficient (Wildman–Crippen LogP) is 2.58. The molecule has 3 nitrogen and oxygen atoms in total. The van der Waals surface area contributed by atoms with E-state index in [0.717, 1.165) is 24.1 Å². The molecule has 1 aromatic carbocycles. The summed E-state index contributed by atoms with van der Waals surface area (Å²) < 4.78 is 0. The van der Waals surface area contributed by atoms with Crippen LogP contribution in [0.5, 0.6) is 0 Å². The molecular formula is C16H25NO2. The molecule has 0 heterocycles. The maximum absolute atomic E-state index is 12.5. The van der Waals surface area contributed by atoms with E-state index in [1.54, 1.807) is 0 Å². The number of hydrogen-bond donors (Lipinski definition) is 1. The van der Waals surface area contributed by atoms with Crippen LogP contribution in [0.2, 0.25) is 0 Å². The quantitative estimate of drug-likeness (QED) is 0.769. The molecular weight excluding hydrogens is 238 g/mol. The molecule has 1 atom stereocenters. The molecule has 0 amide bonds. The minimum absolute atomic E-state index is 0.0878. The Morgan fingerprint density at radius 2 is 1.95 bits per heavy atom. The summed E-state index contributed by atoms with van der Waals surface area (Å²) in [6.07, 6.45) is 0.977. The number of aliphatic hydroxyl groups excluding tert-OH is 1. The van der Waals surface area contributed by atoms with E-state index in [1.165, 1.54) is 5.56 Å². The van der Waals surface area contributed by atoms with Crippen molar-refractivity contribution in [3.8, 4) is 0 Å². The first-order chi connectivity index (χ1) is 9.01. The van der Waals surface area contributed by atoms with Gasteiger partial charge in [-0.25, -0.2) is 0 Å². The average molecular weight is 263 g/mol. The number of hydrogen-bond acceptors (Lipinski definition) is 3. The summed E-state index contributed by atoms with van der Waals surface area (Å²) in [5.41, 5.74) is 3.10. The Morgan fingerprint density at radius 1 is 1.26 bits per heavy atom. The van der Waals surface area contributed by atoms with Gasteiger partial charge in [-0.05, 0) is 50.9 Å². The summed E-state index contributed by atoms with van der Waals surface area (Å²) in [7, 11) is 0. The molecule has 0 saturated carbocycles. The van der Waals surface area contributed by atoms with Gasteiger partial charge in [0.05, 0.1) is 12.6 Å². The Morgan fingerprint density at radius 3 is 2.47 bits per heavy atom. The van der Waals surface area contributed by atoms with Gasteiger partial charge in [0.1, 0.15) is 0 Å². The second-order valence-corrected chi connectivity index (χ2v) is 5.10. The maximum atomic E-state index is 12.5. The standard InChI is InChI=1S/C16H25NO2/c1-5-8-17(9-10-18)14(4)16(19)15-7-6-12(2)13(3)11-15/h6-7,11,14,18H,5,8-10H2,1-4H3. The van der Waals surface area contributed by atoms with Crippen LogP contribution in [0.4, 0.5) is 0 Å². The van der Waals surface area contributed by atoms with Gasteiger partial charge in [-0.15, -0.1) is 0 Å². The van der Waals surface area contributed by atoms with E-state index >= 15 is 0 Å². The van der Waals surface area contributed by atoms with E-state index in [1.807, 2.05) is 43.9 Å². The van der Waals surface area contributed by atoms with Crippen molar-refractivity contribution >= 4 is 5.78 Å². The van der Waals surface area contributed by atoms with E-state index in [9.17, 15) is 4.79 Å². The fourth-order valence-electron chi connectivity index (χ4n) is 2.22. The van der Waals surface area contributed by atoms with E-state index < -0.39 is 0 Å². The van der Waals surface area contributed by atoms with Gasteiger partial charge in [0.15, 0.2) is 5.78 Å². The van der Waals surface area contributed by atoms with Crippen molar-refractivity contribution in [3.63, 3.8) is 0 Å². The topological polar surface area (TPSA) is 40.5 Å². The molecule has 0 fully saturated rings. The van der Waals surface area contributed by atoms with E-state index in [-0.39, 0.29) is 18.4 Å². The second kappa shape index (κ2) is 7.41. The lowest BCUT2D eigenvalue weighted by atomic mass is 9.99. The molecule has 0 aliphatic heterocycles. The van der Waals surface area contributed by atoms with Crippen molar-refractivity contribution in [1.82, 2.24) is 4.90 Å². The summed E-state index contributed by atoms with van der Waals surface area (Å²) in [5, 5.41) is 9.09. The molecule has 3 heteroatoms. The Bertz CT molecular complexity index is 423. The number of ketones is 1. The lowest BCUT2D eigenvalue weighted by Gasteiger charge is -2.27. The van der Waals surface area contributed by atoms with Gasteiger partial charge in [-0.1, -0.05) is 19.1 Å². The summed E-state index contributed by atoms with van der Waals surface area (Å²) >= 11 is 0. The molecule has 106 valence electrons. The van der Waals surface area contributed by atoms with Crippen LogP contribution in [0.1, 0.15) is 41.8 Å². The third kappa shape index (κ3) is 4.15. The zero-order valence-electron chi connectivity index (χ0n) is 12.4. The summed E-state index contributed by atoms with van der Waals surface area (Å²) in [6, 6.07) is 5.65. The van der Waals surface area contributed by atoms with E-state index in [2.05, 4.69) is 6.92 Å². The molecule has 1 N–H and O–H groups in total. The highest BCUT2D eigenvalue weighted by Crippen LogP contribution is 2.14. The van der Waals surface area contributed by atoms with Crippen LogP contribution < -0.4 is 0 Å². The molecule has 0 aliphatic rings. The Balaban J connectivity index is 2.87. The van der Waals surface area contributed by atoms with Crippen LogP contribution in [0, 0.1) is 13.8 Å². The number of benzene rings is 1. The van der Waals surface area contributed by atoms with Crippen LogP contribution in [-0.4, -0.2) is 41.5 Å². The van der Waals surface area contributed by atoms with Crippen LogP contribution in [0.15, 0.2) is 18.2 Å². The molecule has 0 saturated heterocycles.